The number of nitrogens with zero attached hydrogens (tertiary/aromatic N) is 2. The van der Waals surface area contributed by atoms with Gasteiger partial charge in [0.2, 0.25) is 11.7 Å². The smallest absolute Gasteiger partial charge is 0.446 e. The highest BCUT2D eigenvalue weighted by molar-refractivity contribution is 7.81. The van der Waals surface area contributed by atoms with Crippen molar-refractivity contribution in [1.29, 1.82) is 0 Å². The van der Waals surface area contributed by atoms with Gasteiger partial charge in [-0.15, -0.1) is 0 Å². The summed E-state index contributed by atoms with van der Waals surface area (Å²) in [5.74, 6) is -1.25. The Labute approximate surface area is 104 Å². The van der Waals surface area contributed by atoms with Crippen LogP contribution in [0.2, 0.25) is 0 Å². The summed E-state index contributed by atoms with van der Waals surface area (Å²) in [6.45, 7) is 2.22. The number of unbranched alkanes of at least 4 members (excludes halogenated alkanes) is 1. The molecule has 0 bridgehead atoms. The second-order valence-corrected chi connectivity index (χ2v) is 4.34. The van der Waals surface area contributed by atoms with Crippen molar-refractivity contribution in [3.05, 3.63) is 0 Å². The van der Waals surface area contributed by atoms with Crippen LogP contribution in [0.5, 0.6) is 11.6 Å². The van der Waals surface area contributed by atoms with Crippen molar-refractivity contribution >= 4 is 22.2 Å². The molecule has 18 heavy (non-hydrogen) atoms. The van der Waals surface area contributed by atoms with Crippen LogP contribution in [0.25, 0.3) is 0 Å². The van der Waals surface area contributed by atoms with Gasteiger partial charge >= 0.3 is 10.4 Å². The van der Waals surface area contributed by atoms with Gasteiger partial charge < -0.3 is 20.4 Å². The number of hydrogen-bond donors (Lipinski definition) is 3. The van der Waals surface area contributed by atoms with Crippen molar-refractivity contribution in [2.75, 3.05) is 18.1 Å². The Morgan fingerprint density at radius 2 is 2.00 bits per heavy atom. The maximum Gasteiger partial charge on any atom is 0.446 e. The molecule has 0 unspecified atom stereocenters. The van der Waals surface area contributed by atoms with Gasteiger partial charge in [-0.25, -0.2) is 0 Å². The van der Waals surface area contributed by atoms with Gasteiger partial charge in [0.05, 0.1) is 6.61 Å². The molecule has 0 aliphatic carbocycles. The van der Waals surface area contributed by atoms with Crippen molar-refractivity contribution in [2.24, 2.45) is 0 Å². The topological polar surface area (TPSA) is 151 Å². The van der Waals surface area contributed by atoms with Crippen LogP contribution in [0.4, 0.5) is 11.8 Å². The first-order valence-electron chi connectivity index (χ1n) is 5.06. The molecule has 0 saturated carbocycles. The van der Waals surface area contributed by atoms with Gasteiger partial charge in [0, 0.05) is 0 Å². The van der Waals surface area contributed by atoms with E-state index in [9.17, 15) is 8.42 Å². The van der Waals surface area contributed by atoms with Gasteiger partial charge in [-0.2, -0.15) is 18.4 Å². The number of rotatable bonds is 6. The lowest BCUT2D eigenvalue weighted by molar-refractivity contribution is 0.284. The first-order chi connectivity index (χ1) is 8.33. The molecule has 10 heteroatoms. The lowest BCUT2D eigenvalue weighted by Crippen LogP contribution is -2.13. The zero-order valence-corrected chi connectivity index (χ0v) is 10.5. The first kappa shape index (κ1) is 14.3. The largest absolute Gasteiger partial charge is 0.475 e. The van der Waals surface area contributed by atoms with Crippen molar-refractivity contribution in [3.63, 3.8) is 0 Å². The minimum absolute atomic E-state index is 0.193. The van der Waals surface area contributed by atoms with E-state index in [0.29, 0.717) is 0 Å². The molecule has 0 saturated heterocycles. The van der Waals surface area contributed by atoms with Gasteiger partial charge in [0.25, 0.3) is 5.88 Å². The Hall–Kier alpha value is -1.81. The lowest BCUT2D eigenvalue weighted by atomic mass is 10.4. The predicted octanol–water partition coefficient (Wildman–Crippen LogP) is 0.00150. The summed E-state index contributed by atoms with van der Waals surface area (Å²) >= 11 is 0. The van der Waals surface area contributed by atoms with E-state index in [0.717, 1.165) is 12.8 Å². The summed E-state index contributed by atoms with van der Waals surface area (Å²) in [5, 5.41) is 0. The van der Waals surface area contributed by atoms with Crippen molar-refractivity contribution in [1.82, 2.24) is 9.97 Å². The molecule has 9 nitrogen and oxygen atoms in total. The summed E-state index contributed by atoms with van der Waals surface area (Å²) in [5.41, 5.74) is 10.8. The summed E-state index contributed by atoms with van der Waals surface area (Å²) < 4.78 is 39.3. The standard InChI is InChI=1S/C8H14N4O5S/c1-2-3-4-16-7-5(17-18(13,14)15)6(9)11-8(10)12-7/h2-4H2,1H3,(H,13,14,15)(H4,9,10,11,12). The SMILES string of the molecule is CCCCOc1nc(N)nc(N)c1OS(=O)(=O)O. The lowest BCUT2D eigenvalue weighted by Gasteiger charge is -2.11. The summed E-state index contributed by atoms with van der Waals surface area (Å²) in [4.78, 5) is 7.16. The molecular weight excluding hydrogens is 264 g/mol. The van der Waals surface area contributed by atoms with Gasteiger partial charge in [0.15, 0.2) is 5.82 Å². The van der Waals surface area contributed by atoms with E-state index in [2.05, 4.69) is 14.2 Å². The number of nitrogen functional groups attached to an aromatic ring is 2. The van der Waals surface area contributed by atoms with Crippen LogP contribution in [0.1, 0.15) is 19.8 Å². The van der Waals surface area contributed by atoms with Crippen molar-refractivity contribution < 1.29 is 21.9 Å². The average molecular weight is 278 g/mol. The van der Waals surface area contributed by atoms with Crippen molar-refractivity contribution in [2.45, 2.75) is 19.8 Å². The van der Waals surface area contributed by atoms with E-state index in [1.54, 1.807) is 0 Å². The van der Waals surface area contributed by atoms with E-state index in [1.165, 1.54) is 0 Å². The zero-order valence-electron chi connectivity index (χ0n) is 9.66. The third-order valence-electron chi connectivity index (χ3n) is 1.80. The maximum atomic E-state index is 10.7. The molecule has 0 spiro atoms. The maximum absolute atomic E-state index is 10.7. The molecule has 1 rings (SSSR count). The van der Waals surface area contributed by atoms with Crippen LogP contribution >= 0.6 is 0 Å². The van der Waals surface area contributed by atoms with Crippen LogP contribution in [0.3, 0.4) is 0 Å². The minimum atomic E-state index is -4.75. The van der Waals surface area contributed by atoms with Crippen LogP contribution in [0.15, 0.2) is 0 Å². The molecule has 0 fully saturated rings. The predicted molar refractivity (Wildman–Crippen MR) is 63.4 cm³/mol. The fourth-order valence-corrected chi connectivity index (χ4v) is 1.43. The molecule has 0 radical (unpaired) electrons. The highest BCUT2D eigenvalue weighted by atomic mass is 32.3. The third kappa shape index (κ3) is 4.22. The van der Waals surface area contributed by atoms with Crippen LogP contribution in [-0.2, 0) is 10.4 Å². The van der Waals surface area contributed by atoms with Gasteiger partial charge in [-0.1, -0.05) is 13.3 Å². The van der Waals surface area contributed by atoms with Gasteiger partial charge in [-0.05, 0) is 6.42 Å². The Balaban J connectivity index is 3.04. The number of aromatic nitrogens is 2. The number of anilines is 2. The van der Waals surface area contributed by atoms with Gasteiger partial charge in [0.1, 0.15) is 0 Å². The van der Waals surface area contributed by atoms with Crippen LogP contribution < -0.4 is 20.4 Å². The van der Waals surface area contributed by atoms with E-state index in [-0.39, 0.29) is 24.3 Å². The second kappa shape index (κ2) is 5.69. The first-order valence-corrected chi connectivity index (χ1v) is 6.42. The second-order valence-electron chi connectivity index (χ2n) is 3.31. The van der Waals surface area contributed by atoms with Crippen LogP contribution in [0, 0.1) is 0 Å². The molecule has 0 atom stereocenters. The minimum Gasteiger partial charge on any atom is -0.475 e. The highest BCUT2D eigenvalue weighted by Gasteiger charge is 2.20. The van der Waals surface area contributed by atoms with E-state index >= 15 is 0 Å². The normalized spacial score (nSPS) is 11.2. The highest BCUT2D eigenvalue weighted by Crippen LogP contribution is 2.32. The molecule has 1 aromatic rings. The quantitative estimate of drug-likeness (QED) is 0.482. The number of nitrogens with two attached hydrogens (primary N) is 2. The third-order valence-corrected chi connectivity index (χ3v) is 2.18. The van der Waals surface area contributed by atoms with Gasteiger partial charge in [-0.3, -0.25) is 4.55 Å². The molecule has 0 amide bonds. The van der Waals surface area contributed by atoms with Crippen LogP contribution in [-0.4, -0.2) is 29.5 Å². The molecule has 1 heterocycles. The molecule has 0 aliphatic rings. The molecule has 102 valence electrons. The number of ether oxygens (including phenoxy) is 1. The fourth-order valence-electron chi connectivity index (χ4n) is 1.06. The van der Waals surface area contributed by atoms with Crippen molar-refractivity contribution in [3.8, 4) is 11.6 Å². The fraction of sp³-hybridized carbons (Fsp3) is 0.500. The molecule has 0 aliphatic heterocycles. The average Bonchev–Trinajstić information content (AvgIpc) is 2.22. The van der Waals surface area contributed by atoms with E-state index in [1.807, 2.05) is 6.92 Å². The Kier molecular flexibility index (Phi) is 4.50. The molecule has 1 aromatic heterocycles. The summed E-state index contributed by atoms with van der Waals surface area (Å²) in [6, 6.07) is 0. The Morgan fingerprint density at radius 3 is 2.56 bits per heavy atom. The Bertz CT molecular complexity index is 518. The van der Waals surface area contributed by atoms with E-state index < -0.39 is 16.1 Å². The molecule has 0 aromatic carbocycles. The molecule has 5 N–H and O–H groups in total. The zero-order chi connectivity index (χ0) is 13.8. The number of hydrogen-bond acceptors (Lipinski definition) is 8. The molecular formula is C8H14N4O5S. The summed E-state index contributed by atoms with van der Waals surface area (Å²) in [7, 11) is -4.75. The van der Waals surface area contributed by atoms with E-state index in [4.69, 9.17) is 20.8 Å². The summed E-state index contributed by atoms with van der Waals surface area (Å²) in [6.07, 6.45) is 1.58. The Morgan fingerprint density at radius 1 is 1.33 bits per heavy atom. The monoisotopic (exact) mass is 278 g/mol.